The highest BCUT2D eigenvalue weighted by Crippen LogP contribution is 2.41. The van der Waals surface area contributed by atoms with Crippen molar-refractivity contribution in [1.82, 2.24) is 5.43 Å². The summed E-state index contributed by atoms with van der Waals surface area (Å²) in [5, 5.41) is 4.00. The third kappa shape index (κ3) is 4.94. The van der Waals surface area contributed by atoms with Crippen molar-refractivity contribution in [2.45, 2.75) is 20.3 Å². The zero-order valence-corrected chi connectivity index (χ0v) is 16.2. The molecule has 7 heteroatoms. The summed E-state index contributed by atoms with van der Waals surface area (Å²) < 4.78 is 21.7. The van der Waals surface area contributed by atoms with E-state index in [4.69, 9.17) is 18.9 Å². The maximum absolute atomic E-state index is 12.2. The van der Waals surface area contributed by atoms with E-state index in [1.54, 1.807) is 43.5 Å². The Labute approximate surface area is 164 Å². The Balaban J connectivity index is 1.56. The van der Waals surface area contributed by atoms with E-state index in [0.29, 0.717) is 35.3 Å². The van der Waals surface area contributed by atoms with Crippen LogP contribution in [0.3, 0.4) is 0 Å². The Morgan fingerprint density at radius 3 is 2.75 bits per heavy atom. The van der Waals surface area contributed by atoms with E-state index in [0.717, 1.165) is 17.7 Å². The number of methoxy groups -OCH3 is 1. The Kier molecular flexibility index (Phi) is 6.37. The molecule has 1 amide bonds. The van der Waals surface area contributed by atoms with Crippen molar-refractivity contribution < 1.29 is 23.7 Å². The van der Waals surface area contributed by atoms with Gasteiger partial charge in [-0.25, -0.2) is 5.43 Å². The predicted molar refractivity (Wildman–Crippen MR) is 106 cm³/mol. The van der Waals surface area contributed by atoms with Crippen LogP contribution in [0.2, 0.25) is 0 Å². The third-order valence-corrected chi connectivity index (χ3v) is 4.14. The fourth-order valence-electron chi connectivity index (χ4n) is 2.57. The molecule has 0 fully saturated rings. The van der Waals surface area contributed by atoms with E-state index in [1.807, 2.05) is 0 Å². The lowest BCUT2D eigenvalue weighted by atomic mass is 10.1. The predicted octanol–water partition coefficient (Wildman–Crippen LogP) is 3.61. The highest BCUT2D eigenvalue weighted by molar-refractivity contribution is 5.95. The first-order valence-electron chi connectivity index (χ1n) is 9.10. The number of fused-ring (bicyclic) bond motifs is 1. The maximum Gasteiger partial charge on any atom is 0.271 e. The van der Waals surface area contributed by atoms with Crippen molar-refractivity contribution in [2.24, 2.45) is 11.0 Å². The van der Waals surface area contributed by atoms with Crippen LogP contribution in [0.15, 0.2) is 41.5 Å². The second-order valence-corrected chi connectivity index (χ2v) is 6.71. The van der Waals surface area contributed by atoms with Gasteiger partial charge in [-0.15, -0.1) is 0 Å². The zero-order chi connectivity index (χ0) is 19.9. The Morgan fingerprint density at radius 2 is 2.04 bits per heavy atom. The number of amides is 1. The molecule has 28 heavy (non-hydrogen) atoms. The largest absolute Gasteiger partial charge is 0.494 e. The van der Waals surface area contributed by atoms with Crippen molar-refractivity contribution in [3.05, 3.63) is 47.5 Å². The summed E-state index contributed by atoms with van der Waals surface area (Å²) in [5.41, 5.74) is 3.72. The fourth-order valence-corrected chi connectivity index (χ4v) is 2.57. The molecule has 0 bridgehead atoms. The van der Waals surface area contributed by atoms with Crippen LogP contribution in [-0.4, -0.2) is 32.6 Å². The Bertz CT molecular complexity index is 847. The topological polar surface area (TPSA) is 78.4 Å². The minimum atomic E-state index is -0.308. The molecule has 1 aliphatic rings. The van der Waals surface area contributed by atoms with Gasteiger partial charge in [0.25, 0.3) is 5.91 Å². The van der Waals surface area contributed by atoms with Gasteiger partial charge in [0.05, 0.1) is 19.9 Å². The summed E-state index contributed by atoms with van der Waals surface area (Å²) in [6.45, 7) is 5.11. The van der Waals surface area contributed by atoms with Crippen molar-refractivity contribution in [3.8, 4) is 23.0 Å². The SMILES string of the molecule is COc1cc(/C=N\NC(=O)c2ccc(OCCC(C)C)cc2)cc2c1OCO2. The van der Waals surface area contributed by atoms with E-state index >= 15 is 0 Å². The quantitative estimate of drug-likeness (QED) is 0.556. The number of nitrogens with one attached hydrogen (secondary N) is 1. The highest BCUT2D eigenvalue weighted by Gasteiger charge is 2.19. The summed E-state index contributed by atoms with van der Waals surface area (Å²) in [6.07, 6.45) is 2.51. The van der Waals surface area contributed by atoms with Crippen LogP contribution in [0.1, 0.15) is 36.2 Å². The van der Waals surface area contributed by atoms with Crippen LogP contribution in [0.5, 0.6) is 23.0 Å². The van der Waals surface area contributed by atoms with Crippen LogP contribution >= 0.6 is 0 Å². The van der Waals surface area contributed by atoms with E-state index in [2.05, 4.69) is 24.4 Å². The molecular formula is C21H24N2O5. The van der Waals surface area contributed by atoms with Gasteiger partial charge in [-0.1, -0.05) is 13.8 Å². The first-order chi connectivity index (χ1) is 13.6. The van der Waals surface area contributed by atoms with Gasteiger partial charge in [0.1, 0.15) is 5.75 Å². The van der Waals surface area contributed by atoms with Gasteiger partial charge in [0.15, 0.2) is 11.5 Å². The molecular weight excluding hydrogens is 360 g/mol. The standard InChI is InChI=1S/C21H24N2O5/c1-14(2)8-9-26-17-6-4-16(5-7-17)21(24)23-22-12-15-10-18(25-3)20-19(11-15)27-13-28-20/h4-7,10-12,14H,8-9,13H2,1-3H3,(H,23,24)/b22-12-. The first-order valence-corrected chi connectivity index (χ1v) is 9.10. The second-order valence-electron chi connectivity index (χ2n) is 6.71. The van der Waals surface area contributed by atoms with E-state index in [-0.39, 0.29) is 12.7 Å². The van der Waals surface area contributed by atoms with Gasteiger partial charge in [0.2, 0.25) is 12.5 Å². The van der Waals surface area contributed by atoms with Gasteiger partial charge in [-0.05, 0) is 48.7 Å². The summed E-state index contributed by atoms with van der Waals surface area (Å²) in [6, 6.07) is 10.5. The van der Waals surface area contributed by atoms with Crippen LogP contribution in [-0.2, 0) is 0 Å². The van der Waals surface area contributed by atoms with Gasteiger partial charge in [0, 0.05) is 11.1 Å². The minimum Gasteiger partial charge on any atom is -0.494 e. The number of hydrogen-bond acceptors (Lipinski definition) is 6. The maximum atomic E-state index is 12.2. The molecule has 0 saturated carbocycles. The fraction of sp³-hybridized carbons (Fsp3) is 0.333. The molecule has 0 spiro atoms. The number of nitrogens with zero attached hydrogens (tertiary/aromatic N) is 1. The smallest absolute Gasteiger partial charge is 0.271 e. The molecule has 3 rings (SSSR count). The van der Waals surface area contributed by atoms with E-state index < -0.39 is 0 Å². The van der Waals surface area contributed by atoms with Crippen molar-refractivity contribution in [3.63, 3.8) is 0 Å². The van der Waals surface area contributed by atoms with Crippen LogP contribution in [0.4, 0.5) is 0 Å². The molecule has 7 nitrogen and oxygen atoms in total. The number of benzene rings is 2. The lowest BCUT2D eigenvalue weighted by Crippen LogP contribution is -2.17. The molecule has 0 aromatic heterocycles. The van der Waals surface area contributed by atoms with Crippen LogP contribution in [0.25, 0.3) is 0 Å². The van der Waals surface area contributed by atoms with Gasteiger partial charge < -0.3 is 18.9 Å². The lowest BCUT2D eigenvalue weighted by Gasteiger charge is -2.08. The molecule has 0 unspecified atom stereocenters. The monoisotopic (exact) mass is 384 g/mol. The zero-order valence-electron chi connectivity index (χ0n) is 16.2. The average molecular weight is 384 g/mol. The number of hydrogen-bond donors (Lipinski definition) is 1. The number of carbonyl (C=O) groups is 1. The second kappa shape index (κ2) is 9.12. The summed E-state index contributed by atoms with van der Waals surface area (Å²) in [4.78, 5) is 12.2. The normalized spacial score (nSPS) is 12.4. The highest BCUT2D eigenvalue weighted by atomic mass is 16.7. The van der Waals surface area contributed by atoms with Gasteiger partial charge in [-0.2, -0.15) is 5.10 Å². The van der Waals surface area contributed by atoms with Gasteiger partial charge >= 0.3 is 0 Å². The summed E-state index contributed by atoms with van der Waals surface area (Å²) in [5.74, 6) is 2.73. The van der Waals surface area contributed by atoms with Crippen LogP contribution < -0.4 is 24.4 Å². The lowest BCUT2D eigenvalue weighted by molar-refractivity contribution is 0.0955. The van der Waals surface area contributed by atoms with Crippen molar-refractivity contribution >= 4 is 12.1 Å². The molecule has 148 valence electrons. The third-order valence-electron chi connectivity index (χ3n) is 4.14. The molecule has 1 heterocycles. The Morgan fingerprint density at radius 1 is 1.25 bits per heavy atom. The molecule has 0 saturated heterocycles. The first kappa shape index (κ1) is 19.5. The van der Waals surface area contributed by atoms with Crippen molar-refractivity contribution in [1.29, 1.82) is 0 Å². The number of ether oxygens (including phenoxy) is 4. The summed E-state index contributed by atoms with van der Waals surface area (Å²) in [7, 11) is 1.55. The van der Waals surface area contributed by atoms with Gasteiger partial charge in [-0.3, -0.25) is 4.79 Å². The number of hydrazone groups is 1. The Hall–Kier alpha value is -3.22. The minimum absolute atomic E-state index is 0.153. The average Bonchev–Trinajstić information content (AvgIpc) is 3.16. The van der Waals surface area contributed by atoms with Crippen LogP contribution in [0, 0.1) is 5.92 Å². The molecule has 0 radical (unpaired) electrons. The summed E-state index contributed by atoms with van der Waals surface area (Å²) >= 11 is 0. The molecule has 0 atom stereocenters. The number of carbonyl (C=O) groups excluding carboxylic acids is 1. The van der Waals surface area contributed by atoms with E-state index in [1.165, 1.54) is 6.21 Å². The molecule has 1 aliphatic heterocycles. The molecule has 2 aromatic rings. The number of rotatable bonds is 8. The van der Waals surface area contributed by atoms with E-state index in [9.17, 15) is 4.79 Å². The molecule has 0 aliphatic carbocycles. The molecule has 1 N–H and O–H groups in total. The molecule has 2 aromatic carbocycles. The van der Waals surface area contributed by atoms with Crippen molar-refractivity contribution in [2.75, 3.05) is 20.5 Å².